The van der Waals surface area contributed by atoms with Gasteiger partial charge in [-0.15, -0.1) is 0 Å². The Morgan fingerprint density at radius 3 is 1.43 bits per heavy atom. The van der Waals surface area contributed by atoms with Gasteiger partial charge in [-0.05, 0) is 12.8 Å². The summed E-state index contributed by atoms with van der Waals surface area (Å²) in [6.45, 7) is -0.283. The Labute approximate surface area is 163 Å². The Bertz CT molecular complexity index is 503. The molecule has 1 unspecified atom stereocenters. The molecule has 0 fully saturated rings. The molecule has 0 aliphatic heterocycles. The average Bonchev–Trinajstić information content (AvgIpc) is 2.49. The number of hydrogen-bond donors (Lipinski definition) is 1. The summed E-state index contributed by atoms with van der Waals surface area (Å²) in [6.07, 6.45) is -9.41. The van der Waals surface area contributed by atoms with Gasteiger partial charge in [0.1, 0.15) is 0 Å². The Balaban J connectivity index is 5.67. The van der Waals surface area contributed by atoms with E-state index in [9.17, 15) is 57.1 Å². The summed E-state index contributed by atoms with van der Waals surface area (Å²) in [4.78, 5) is 0. The summed E-state index contributed by atoms with van der Waals surface area (Å²) in [5, 5.41) is 8.50. The maximum absolute atomic E-state index is 13.6. The van der Waals surface area contributed by atoms with Gasteiger partial charge in [-0.1, -0.05) is 35.4 Å². The molecule has 0 aliphatic rings. The molecular formula is C13H14F13IO. The molecule has 0 aromatic rings. The minimum Gasteiger partial charge on any atom is -0.396 e. The number of hydrogen-bond acceptors (Lipinski definition) is 1. The molecule has 0 rings (SSSR count). The number of aliphatic hydroxyl groups excluding tert-OH is 1. The van der Waals surface area contributed by atoms with Crippen molar-refractivity contribution in [3.8, 4) is 0 Å². The first kappa shape index (κ1) is 27.8. The summed E-state index contributed by atoms with van der Waals surface area (Å²) in [5.41, 5.74) is 0. The van der Waals surface area contributed by atoms with E-state index < -0.39 is 46.1 Å². The first-order chi connectivity index (χ1) is 12.2. The SMILES string of the molecule is OCCCCCC(I)CC(F)(F)C(F)(F)C(F)(F)C(F)(F)C(F)(F)C(F)(F)F. The number of alkyl halides is 14. The van der Waals surface area contributed by atoms with Crippen LogP contribution in [0.4, 0.5) is 57.1 Å². The zero-order chi connectivity index (χ0) is 22.8. The van der Waals surface area contributed by atoms with Crippen molar-refractivity contribution in [1.29, 1.82) is 0 Å². The third-order valence-electron chi connectivity index (χ3n) is 3.65. The average molecular weight is 560 g/mol. The predicted molar refractivity (Wildman–Crippen MR) is 78.8 cm³/mol. The molecule has 1 atom stereocenters. The molecule has 1 nitrogen and oxygen atoms in total. The van der Waals surface area contributed by atoms with Gasteiger partial charge in [0.2, 0.25) is 0 Å². The minimum absolute atomic E-state index is 0.0501. The van der Waals surface area contributed by atoms with E-state index in [-0.39, 0.29) is 32.3 Å². The van der Waals surface area contributed by atoms with Crippen molar-refractivity contribution in [3.05, 3.63) is 0 Å². The van der Waals surface area contributed by atoms with Crippen LogP contribution in [-0.2, 0) is 0 Å². The first-order valence-corrected chi connectivity index (χ1v) is 8.66. The van der Waals surface area contributed by atoms with Crippen molar-refractivity contribution in [2.45, 2.75) is 71.8 Å². The molecule has 0 saturated heterocycles. The second-order valence-corrected chi connectivity index (χ2v) is 7.64. The highest BCUT2D eigenvalue weighted by Crippen LogP contribution is 2.61. The third-order valence-corrected chi connectivity index (χ3v) is 4.71. The van der Waals surface area contributed by atoms with Crippen molar-refractivity contribution in [2.75, 3.05) is 6.61 Å². The van der Waals surface area contributed by atoms with E-state index in [1.54, 1.807) is 0 Å². The molecule has 0 heterocycles. The van der Waals surface area contributed by atoms with Gasteiger partial charge in [-0.25, -0.2) is 0 Å². The molecule has 0 aromatic heterocycles. The lowest BCUT2D eigenvalue weighted by Gasteiger charge is -2.40. The van der Waals surface area contributed by atoms with Gasteiger partial charge in [0.15, 0.2) is 0 Å². The van der Waals surface area contributed by atoms with E-state index in [0.717, 1.165) is 22.6 Å². The second kappa shape index (κ2) is 8.88. The van der Waals surface area contributed by atoms with E-state index in [1.807, 2.05) is 0 Å². The molecule has 0 radical (unpaired) electrons. The predicted octanol–water partition coefficient (Wildman–Crippen LogP) is 6.47. The van der Waals surface area contributed by atoms with E-state index in [4.69, 9.17) is 5.11 Å². The van der Waals surface area contributed by atoms with Crippen LogP contribution in [0.15, 0.2) is 0 Å². The zero-order valence-electron chi connectivity index (χ0n) is 13.6. The lowest BCUT2D eigenvalue weighted by Crippen LogP contribution is -2.70. The van der Waals surface area contributed by atoms with E-state index in [2.05, 4.69) is 0 Å². The third kappa shape index (κ3) is 5.09. The number of unbranched alkanes of at least 4 members (excludes halogenated alkanes) is 2. The van der Waals surface area contributed by atoms with E-state index in [1.165, 1.54) is 0 Å². The summed E-state index contributed by atoms with van der Waals surface area (Å²) in [6, 6.07) is 0. The normalized spacial score (nSPS) is 16.4. The summed E-state index contributed by atoms with van der Waals surface area (Å²) in [5.74, 6) is -36.5. The van der Waals surface area contributed by atoms with Crippen LogP contribution in [0.1, 0.15) is 32.1 Å². The highest BCUT2D eigenvalue weighted by molar-refractivity contribution is 14.1. The van der Waals surface area contributed by atoms with Gasteiger partial charge >= 0.3 is 35.8 Å². The number of rotatable bonds is 11. The molecule has 0 amide bonds. The van der Waals surface area contributed by atoms with Crippen LogP contribution in [0.25, 0.3) is 0 Å². The fourth-order valence-corrected chi connectivity index (χ4v) is 2.96. The Kier molecular flexibility index (Phi) is 8.81. The van der Waals surface area contributed by atoms with Crippen LogP contribution >= 0.6 is 22.6 Å². The molecule has 170 valence electrons. The number of aliphatic hydroxyl groups is 1. The fourth-order valence-electron chi connectivity index (χ4n) is 1.96. The lowest BCUT2D eigenvalue weighted by atomic mass is 9.91. The maximum atomic E-state index is 13.6. The second-order valence-electron chi connectivity index (χ2n) is 5.87. The molecular weight excluding hydrogens is 546 g/mol. The summed E-state index contributed by atoms with van der Waals surface area (Å²) in [7, 11) is 0. The molecule has 28 heavy (non-hydrogen) atoms. The van der Waals surface area contributed by atoms with Gasteiger partial charge in [0, 0.05) is 17.0 Å². The highest BCUT2D eigenvalue weighted by Gasteiger charge is 2.90. The van der Waals surface area contributed by atoms with Crippen LogP contribution in [0, 0.1) is 0 Å². The Morgan fingerprint density at radius 1 is 0.607 bits per heavy atom. The first-order valence-electron chi connectivity index (χ1n) is 7.41. The highest BCUT2D eigenvalue weighted by atomic mass is 127. The van der Waals surface area contributed by atoms with Crippen LogP contribution in [0.2, 0.25) is 0 Å². The van der Waals surface area contributed by atoms with Crippen molar-refractivity contribution < 1.29 is 62.2 Å². The lowest BCUT2D eigenvalue weighted by molar-refractivity contribution is -0.440. The van der Waals surface area contributed by atoms with Crippen LogP contribution in [0.3, 0.4) is 0 Å². The topological polar surface area (TPSA) is 20.2 Å². The van der Waals surface area contributed by atoms with Gasteiger partial charge in [-0.3, -0.25) is 0 Å². The summed E-state index contributed by atoms with van der Waals surface area (Å²) < 4.78 is 167. The molecule has 0 aliphatic carbocycles. The Morgan fingerprint density at radius 2 is 1.04 bits per heavy atom. The molecule has 0 spiro atoms. The van der Waals surface area contributed by atoms with Gasteiger partial charge in [0.05, 0.1) is 0 Å². The van der Waals surface area contributed by atoms with Crippen molar-refractivity contribution >= 4 is 22.6 Å². The van der Waals surface area contributed by atoms with Crippen molar-refractivity contribution in [1.82, 2.24) is 0 Å². The summed E-state index contributed by atoms with van der Waals surface area (Å²) >= 11 is 1.10. The van der Waals surface area contributed by atoms with Crippen LogP contribution in [-0.4, -0.2) is 51.4 Å². The van der Waals surface area contributed by atoms with E-state index in [0.29, 0.717) is 0 Å². The largest absolute Gasteiger partial charge is 0.460 e. The minimum atomic E-state index is -7.85. The molecule has 0 aromatic carbocycles. The fraction of sp³-hybridized carbons (Fsp3) is 1.00. The molecule has 0 bridgehead atoms. The standard InChI is InChI=1S/C13H14F13IO/c14-8(15,6-7(27)4-2-1-3-5-28)9(16,17)10(18,19)11(20,21)12(22,23)13(24,25)26/h7,28H,1-6H2. The molecule has 1 N–H and O–H groups in total. The van der Waals surface area contributed by atoms with Gasteiger partial charge in [0.25, 0.3) is 0 Å². The Hall–Kier alpha value is -0.220. The number of halogens is 14. The van der Waals surface area contributed by atoms with Crippen LogP contribution in [0.5, 0.6) is 0 Å². The van der Waals surface area contributed by atoms with Gasteiger partial charge < -0.3 is 5.11 Å². The smallest absolute Gasteiger partial charge is 0.396 e. The maximum Gasteiger partial charge on any atom is 0.460 e. The monoisotopic (exact) mass is 560 g/mol. The van der Waals surface area contributed by atoms with E-state index >= 15 is 0 Å². The van der Waals surface area contributed by atoms with Gasteiger partial charge in [-0.2, -0.15) is 57.1 Å². The van der Waals surface area contributed by atoms with Crippen molar-refractivity contribution in [2.24, 2.45) is 0 Å². The zero-order valence-corrected chi connectivity index (χ0v) is 15.7. The quantitative estimate of drug-likeness (QED) is 0.133. The molecule has 15 heteroatoms. The van der Waals surface area contributed by atoms with Crippen LogP contribution < -0.4 is 0 Å². The van der Waals surface area contributed by atoms with Crippen molar-refractivity contribution in [3.63, 3.8) is 0 Å². The molecule has 0 saturated carbocycles.